The minimum atomic E-state index is -2.94. The number of nitrogens with zero attached hydrogens (tertiary/aromatic N) is 2. The summed E-state index contributed by atoms with van der Waals surface area (Å²) in [6.07, 6.45) is 0.213. The van der Waals surface area contributed by atoms with Crippen LogP contribution in [0.3, 0.4) is 0 Å². The Hall–Kier alpha value is -3.62. The number of carbonyl (C=O) groups excluding carboxylic acids is 1. The zero-order valence-electron chi connectivity index (χ0n) is 18.9. The van der Waals surface area contributed by atoms with E-state index in [1.807, 2.05) is 38.1 Å². The number of hydrogen-bond acceptors (Lipinski definition) is 6. The SMILES string of the molecule is COc1cc(CN(C)C(=O)Cc2ccc(OCc3c(C)noc3C)cc2)ccc1OC(F)F. The normalized spacial score (nSPS) is 10.9. The number of hydrogen-bond donors (Lipinski definition) is 0. The van der Waals surface area contributed by atoms with Gasteiger partial charge in [0.2, 0.25) is 5.91 Å². The van der Waals surface area contributed by atoms with Gasteiger partial charge in [0, 0.05) is 13.6 Å². The van der Waals surface area contributed by atoms with Gasteiger partial charge in [-0.05, 0) is 49.2 Å². The summed E-state index contributed by atoms with van der Waals surface area (Å²) >= 11 is 0. The lowest BCUT2D eigenvalue weighted by Gasteiger charge is -2.19. The van der Waals surface area contributed by atoms with Crippen LogP contribution in [0.4, 0.5) is 8.78 Å². The zero-order chi connectivity index (χ0) is 24.0. The average Bonchev–Trinajstić information content (AvgIpc) is 3.11. The molecule has 0 spiro atoms. The van der Waals surface area contributed by atoms with Gasteiger partial charge in [-0.1, -0.05) is 23.4 Å². The van der Waals surface area contributed by atoms with Crippen molar-refractivity contribution < 1.29 is 32.3 Å². The Morgan fingerprint density at radius 3 is 2.39 bits per heavy atom. The van der Waals surface area contributed by atoms with Gasteiger partial charge >= 0.3 is 6.61 Å². The number of benzene rings is 2. The van der Waals surface area contributed by atoms with Crippen LogP contribution in [0.15, 0.2) is 47.0 Å². The highest BCUT2D eigenvalue weighted by Crippen LogP contribution is 2.30. The number of methoxy groups -OCH3 is 1. The molecule has 1 heterocycles. The summed E-state index contributed by atoms with van der Waals surface area (Å²) in [5, 5.41) is 3.91. The number of alkyl halides is 2. The summed E-state index contributed by atoms with van der Waals surface area (Å²) in [6.45, 7) is 1.41. The van der Waals surface area contributed by atoms with Crippen LogP contribution in [0.2, 0.25) is 0 Å². The minimum Gasteiger partial charge on any atom is -0.493 e. The lowest BCUT2D eigenvalue weighted by Crippen LogP contribution is -2.27. The molecule has 1 aromatic heterocycles. The third-order valence-electron chi connectivity index (χ3n) is 5.13. The highest BCUT2D eigenvalue weighted by molar-refractivity contribution is 5.78. The second kappa shape index (κ2) is 10.8. The molecule has 0 aliphatic rings. The summed E-state index contributed by atoms with van der Waals surface area (Å²) in [5.41, 5.74) is 3.29. The van der Waals surface area contributed by atoms with Crippen molar-refractivity contribution in [2.45, 2.75) is 40.0 Å². The quantitative estimate of drug-likeness (QED) is 0.437. The number of likely N-dealkylation sites (N-methyl/N-ethyl adjacent to an activating group) is 1. The fourth-order valence-corrected chi connectivity index (χ4v) is 3.24. The second-order valence-electron chi connectivity index (χ2n) is 7.53. The van der Waals surface area contributed by atoms with E-state index in [1.165, 1.54) is 13.2 Å². The zero-order valence-corrected chi connectivity index (χ0v) is 18.9. The van der Waals surface area contributed by atoms with E-state index < -0.39 is 6.61 Å². The van der Waals surface area contributed by atoms with Crippen molar-refractivity contribution in [3.8, 4) is 17.2 Å². The lowest BCUT2D eigenvalue weighted by molar-refractivity contribution is -0.129. The summed E-state index contributed by atoms with van der Waals surface area (Å²) in [6, 6.07) is 11.9. The van der Waals surface area contributed by atoms with E-state index in [4.69, 9.17) is 14.0 Å². The first-order valence-electron chi connectivity index (χ1n) is 10.3. The standard InChI is InChI=1S/C24H26F2N2O5/c1-15-20(16(2)33-27-15)14-31-19-8-5-17(6-9-19)12-23(29)28(3)13-18-7-10-21(32-24(25)26)22(11-18)30-4/h5-11,24H,12-14H2,1-4H3. The number of aryl methyl sites for hydroxylation is 2. The maximum Gasteiger partial charge on any atom is 0.387 e. The molecule has 0 aliphatic carbocycles. The minimum absolute atomic E-state index is 0.0538. The number of halogens is 2. The molecule has 176 valence electrons. The smallest absolute Gasteiger partial charge is 0.387 e. The van der Waals surface area contributed by atoms with E-state index in [2.05, 4.69) is 9.89 Å². The molecule has 0 fully saturated rings. The highest BCUT2D eigenvalue weighted by atomic mass is 19.3. The second-order valence-corrected chi connectivity index (χ2v) is 7.53. The van der Waals surface area contributed by atoms with Crippen molar-refractivity contribution in [1.82, 2.24) is 10.1 Å². The highest BCUT2D eigenvalue weighted by Gasteiger charge is 2.15. The van der Waals surface area contributed by atoms with E-state index in [0.717, 1.165) is 28.1 Å². The van der Waals surface area contributed by atoms with Crippen LogP contribution in [0.5, 0.6) is 17.2 Å². The molecule has 0 unspecified atom stereocenters. The number of rotatable bonds is 10. The predicted molar refractivity (Wildman–Crippen MR) is 117 cm³/mol. The van der Waals surface area contributed by atoms with Gasteiger partial charge in [-0.15, -0.1) is 0 Å². The van der Waals surface area contributed by atoms with Crippen LogP contribution in [0.25, 0.3) is 0 Å². The van der Waals surface area contributed by atoms with Crippen molar-refractivity contribution in [3.05, 3.63) is 70.6 Å². The van der Waals surface area contributed by atoms with Gasteiger partial charge in [-0.3, -0.25) is 4.79 Å². The fourth-order valence-electron chi connectivity index (χ4n) is 3.24. The Bertz CT molecular complexity index is 1060. The Balaban J connectivity index is 1.55. The molecule has 1 amide bonds. The van der Waals surface area contributed by atoms with Gasteiger partial charge in [-0.2, -0.15) is 8.78 Å². The first-order chi connectivity index (χ1) is 15.8. The molecule has 7 nitrogen and oxygen atoms in total. The maximum absolute atomic E-state index is 12.6. The average molecular weight is 460 g/mol. The van der Waals surface area contributed by atoms with Crippen molar-refractivity contribution in [3.63, 3.8) is 0 Å². The molecule has 0 atom stereocenters. The summed E-state index contributed by atoms with van der Waals surface area (Å²) in [5.74, 6) is 1.44. The number of ether oxygens (including phenoxy) is 3. The molecular formula is C24H26F2N2O5. The third-order valence-corrected chi connectivity index (χ3v) is 5.13. The van der Waals surface area contributed by atoms with E-state index >= 15 is 0 Å². The number of aromatic nitrogens is 1. The molecule has 3 rings (SSSR count). The maximum atomic E-state index is 12.6. The molecule has 0 N–H and O–H groups in total. The van der Waals surface area contributed by atoms with Crippen LogP contribution >= 0.6 is 0 Å². The molecule has 0 radical (unpaired) electrons. The van der Waals surface area contributed by atoms with Crippen LogP contribution in [-0.2, 0) is 24.4 Å². The topological polar surface area (TPSA) is 74.0 Å². The molecule has 33 heavy (non-hydrogen) atoms. The molecule has 9 heteroatoms. The van der Waals surface area contributed by atoms with Gasteiger partial charge in [0.25, 0.3) is 0 Å². The Labute approximate surface area is 190 Å². The molecule has 0 saturated heterocycles. The molecule has 0 saturated carbocycles. The Kier molecular flexibility index (Phi) is 7.87. The monoisotopic (exact) mass is 460 g/mol. The van der Waals surface area contributed by atoms with Crippen LogP contribution < -0.4 is 14.2 Å². The van der Waals surface area contributed by atoms with E-state index in [0.29, 0.717) is 18.9 Å². The van der Waals surface area contributed by atoms with Gasteiger partial charge in [0.05, 0.1) is 24.8 Å². The number of amides is 1. The van der Waals surface area contributed by atoms with Gasteiger partial charge in [-0.25, -0.2) is 0 Å². The van der Waals surface area contributed by atoms with Crippen LogP contribution in [-0.4, -0.2) is 36.7 Å². The van der Waals surface area contributed by atoms with Crippen molar-refractivity contribution in [1.29, 1.82) is 0 Å². The van der Waals surface area contributed by atoms with Crippen molar-refractivity contribution >= 4 is 5.91 Å². The van der Waals surface area contributed by atoms with Gasteiger partial charge in [0.1, 0.15) is 18.1 Å². The van der Waals surface area contributed by atoms with Gasteiger partial charge in [0.15, 0.2) is 11.5 Å². The molecular weight excluding hydrogens is 434 g/mol. The Morgan fingerprint density at radius 2 is 1.79 bits per heavy atom. The summed E-state index contributed by atoms with van der Waals surface area (Å²) in [4.78, 5) is 14.2. The largest absolute Gasteiger partial charge is 0.493 e. The van der Waals surface area contributed by atoms with E-state index in [-0.39, 0.29) is 23.8 Å². The summed E-state index contributed by atoms with van der Waals surface area (Å²) in [7, 11) is 3.05. The van der Waals surface area contributed by atoms with Crippen LogP contribution in [0.1, 0.15) is 28.1 Å². The van der Waals surface area contributed by atoms with Crippen molar-refractivity contribution in [2.75, 3.05) is 14.2 Å². The third kappa shape index (κ3) is 6.44. The summed E-state index contributed by atoms with van der Waals surface area (Å²) < 4.78 is 45.4. The van der Waals surface area contributed by atoms with Gasteiger partial charge < -0.3 is 23.6 Å². The van der Waals surface area contributed by atoms with E-state index in [1.54, 1.807) is 24.1 Å². The molecule has 0 bridgehead atoms. The molecule has 2 aromatic carbocycles. The Morgan fingerprint density at radius 1 is 1.09 bits per heavy atom. The first kappa shape index (κ1) is 24.0. The molecule has 0 aliphatic heterocycles. The van der Waals surface area contributed by atoms with E-state index in [9.17, 15) is 13.6 Å². The number of carbonyl (C=O) groups is 1. The molecule has 3 aromatic rings. The van der Waals surface area contributed by atoms with Crippen LogP contribution in [0, 0.1) is 13.8 Å². The fraction of sp³-hybridized carbons (Fsp3) is 0.333. The first-order valence-corrected chi connectivity index (χ1v) is 10.3. The lowest BCUT2D eigenvalue weighted by atomic mass is 10.1. The predicted octanol–water partition coefficient (Wildman–Crippen LogP) is 4.68. The van der Waals surface area contributed by atoms with Crippen molar-refractivity contribution in [2.24, 2.45) is 0 Å².